The second-order valence-electron chi connectivity index (χ2n) is 3.33. The number of carbonyl (C=O) groups is 2. The molecule has 5 heteroatoms. The van der Waals surface area contributed by atoms with Gasteiger partial charge >= 0.3 is 0 Å². The van der Waals surface area contributed by atoms with Gasteiger partial charge in [-0.1, -0.05) is 0 Å². The van der Waals surface area contributed by atoms with E-state index in [4.69, 9.17) is 11.6 Å². The van der Waals surface area contributed by atoms with Crippen molar-refractivity contribution in [2.75, 3.05) is 19.5 Å². The second kappa shape index (κ2) is 6.65. The molecule has 1 N–H and O–H groups in total. The molecule has 0 aromatic rings. The Morgan fingerprint density at radius 3 is 2.43 bits per heavy atom. The van der Waals surface area contributed by atoms with E-state index in [1.54, 1.807) is 11.9 Å². The van der Waals surface area contributed by atoms with E-state index in [-0.39, 0.29) is 23.7 Å². The minimum Gasteiger partial charge on any atom is -0.355 e. The third-order valence-electron chi connectivity index (χ3n) is 1.95. The molecule has 14 heavy (non-hydrogen) atoms. The van der Waals surface area contributed by atoms with E-state index in [9.17, 15) is 9.59 Å². The van der Waals surface area contributed by atoms with E-state index in [0.29, 0.717) is 13.0 Å². The van der Waals surface area contributed by atoms with E-state index >= 15 is 0 Å². The summed E-state index contributed by atoms with van der Waals surface area (Å²) in [5.41, 5.74) is 0. The first kappa shape index (κ1) is 13.2. The fraction of sp³-hybridized carbons (Fsp3) is 0.778. The van der Waals surface area contributed by atoms with Crippen molar-refractivity contribution in [1.82, 2.24) is 10.2 Å². The van der Waals surface area contributed by atoms with E-state index < -0.39 is 0 Å². The van der Waals surface area contributed by atoms with Gasteiger partial charge in [-0.15, -0.1) is 11.6 Å². The van der Waals surface area contributed by atoms with Crippen LogP contribution >= 0.6 is 11.6 Å². The Hall–Kier alpha value is -0.770. The molecule has 0 heterocycles. The maximum atomic E-state index is 11.4. The van der Waals surface area contributed by atoms with Gasteiger partial charge in [0, 0.05) is 26.1 Å². The van der Waals surface area contributed by atoms with E-state index in [2.05, 4.69) is 5.32 Å². The fourth-order valence-corrected chi connectivity index (χ4v) is 0.915. The Morgan fingerprint density at radius 1 is 1.43 bits per heavy atom. The van der Waals surface area contributed by atoms with Crippen LogP contribution < -0.4 is 5.32 Å². The Labute approximate surface area is 89.6 Å². The van der Waals surface area contributed by atoms with Gasteiger partial charge in [0.1, 0.15) is 5.88 Å². The van der Waals surface area contributed by atoms with Gasteiger partial charge in [-0.25, -0.2) is 0 Å². The van der Waals surface area contributed by atoms with Crippen molar-refractivity contribution < 1.29 is 9.59 Å². The molecule has 0 saturated carbocycles. The number of nitrogens with one attached hydrogen (secondary N) is 1. The minimum absolute atomic E-state index is 0.0230. The second-order valence-corrected chi connectivity index (χ2v) is 3.60. The summed E-state index contributed by atoms with van der Waals surface area (Å²) in [7, 11) is 1.75. The smallest absolute Gasteiger partial charge is 0.234 e. The number of hydrogen-bond acceptors (Lipinski definition) is 2. The van der Waals surface area contributed by atoms with Crippen molar-refractivity contribution in [3.8, 4) is 0 Å². The van der Waals surface area contributed by atoms with Crippen molar-refractivity contribution in [2.24, 2.45) is 0 Å². The van der Waals surface area contributed by atoms with Crippen molar-refractivity contribution >= 4 is 23.4 Å². The molecule has 0 aliphatic rings. The first-order valence-corrected chi connectivity index (χ1v) is 5.10. The summed E-state index contributed by atoms with van der Waals surface area (Å²) in [5.74, 6) is -0.282. The molecule has 0 aromatic heterocycles. The number of carbonyl (C=O) groups excluding carboxylic acids is 2. The highest BCUT2D eigenvalue weighted by Crippen LogP contribution is 1.96. The molecule has 0 aliphatic carbocycles. The lowest BCUT2D eigenvalue weighted by Gasteiger charge is -2.21. The average Bonchev–Trinajstić information content (AvgIpc) is 2.15. The topological polar surface area (TPSA) is 49.4 Å². The maximum absolute atomic E-state index is 11.4. The summed E-state index contributed by atoms with van der Waals surface area (Å²) in [6.07, 6.45) is 0.317. The van der Waals surface area contributed by atoms with Crippen LogP contribution in [0, 0.1) is 0 Å². The van der Waals surface area contributed by atoms with Gasteiger partial charge in [0.2, 0.25) is 11.8 Å². The van der Waals surface area contributed by atoms with Gasteiger partial charge in [-0.3, -0.25) is 9.59 Å². The Kier molecular flexibility index (Phi) is 6.28. The van der Waals surface area contributed by atoms with Gasteiger partial charge in [0.15, 0.2) is 0 Å². The molecule has 0 fully saturated rings. The molecule has 82 valence electrons. The third kappa shape index (κ3) is 5.07. The number of halogens is 1. The first-order valence-electron chi connectivity index (χ1n) is 4.57. The average molecular weight is 221 g/mol. The summed E-state index contributed by atoms with van der Waals surface area (Å²) in [6.45, 7) is 4.23. The number of hydrogen-bond donors (Lipinski definition) is 1. The van der Waals surface area contributed by atoms with Crippen LogP contribution in [0.15, 0.2) is 0 Å². The molecule has 2 amide bonds. The molecule has 0 rings (SSSR count). The Morgan fingerprint density at radius 2 is 2.00 bits per heavy atom. The quantitative estimate of drug-likeness (QED) is 0.690. The molecule has 0 radical (unpaired) electrons. The summed E-state index contributed by atoms with van der Waals surface area (Å²) >= 11 is 5.27. The van der Waals surface area contributed by atoms with E-state index in [1.807, 2.05) is 13.8 Å². The van der Waals surface area contributed by atoms with Crippen molar-refractivity contribution in [1.29, 1.82) is 0 Å². The lowest BCUT2D eigenvalue weighted by atomic mass is 10.3. The highest BCUT2D eigenvalue weighted by Gasteiger charge is 2.11. The summed E-state index contributed by atoms with van der Waals surface area (Å²) in [4.78, 5) is 23.8. The fourth-order valence-electron chi connectivity index (χ4n) is 0.820. The number of nitrogens with zero attached hydrogens (tertiary/aromatic N) is 1. The largest absolute Gasteiger partial charge is 0.355 e. The standard InChI is InChI=1S/C9H17ClN2O2/c1-7(2)12(3)9(14)4-5-11-8(13)6-10/h7H,4-6H2,1-3H3,(H,11,13). The lowest BCUT2D eigenvalue weighted by Crippen LogP contribution is -2.36. The molecule has 0 unspecified atom stereocenters. The Balaban J connectivity index is 3.69. The van der Waals surface area contributed by atoms with Crippen LogP contribution in [0.3, 0.4) is 0 Å². The summed E-state index contributed by atoms with van der Waals surface area (Å²) < 4.78 is 0. The SMILES string of the molecule is CC(C)N(C)C(=O)CCNC(=O)CCl. The van der Waals surface area contributed by atoms with Crippen LogP contribution in [0.5, 0.6) is 0 Å². The summed E-state index contributed by atoms with van der Waals surface area (Å²) in [6, 6.07) is 0.186. The maximum Gasteiger partial charge on any atom is 0.234 e. The number of rotatable bonds is 5. The van der Waals surface area contributed by atoms with Crippen LogP contribution in [0.1, 0.15) is 20.3 Å². The van der Waals surface area contributed by atoms with E-state index in [1.165, 1.54) is 0 Å². The van der Waals surface area contributed by atoms with Crippen LogP contribution in [0.25, 0.3) is 0 Å². The lowest BCUT2D eigenvalue weighted by molar-refractivity contribution is -0.131. The van der Waals surface area contributed by atoms with Crippen LogP contribution in [-0.4, -0.2) is 42.2 Å². The molecule has 0 atom stereocenters. The van der Waals surface area contributed by atoms with E-state index in [0.717, 1.165) is 0 Å². The Bertz CT molecular complexity index is 207. The highest BCUT2D eigenvalue weighted by atomic mass is 35.5. The summed E-state index contributed by atoms with van der Waals surface area (Å²) in [5, 5.41) is 2.54. The van der Waals surface area contributed by atoms with Crippen LogP contribution in [0.2, 0.25) is 0 Å². The van der Waals surface area contributed by atoms with Crippen molar-refractivity contribution in [3.63, 3.8) is 0 Å². The van der Waals surface area contributed by atoms with Crippen LogP contribution in [0.4, 0.5) is 0 Å². The van der Waals surface area contributed by atoms with Gasteiger partial charge in [0.25, 0.3) is 0 Å². The molecule has 0 bridgehead atoms. The monoisotopic (exact) mass is 220 g/mol. The highest BCUT2D eigenvalue weighted by molar-refractivity contribution is 6.27. The zero-order valence-electron chi connectivity index (χ0n) is 8.84. The molecule has 0 aromatic carbocycles. The van der Waals surface area contributed by atoms with Gasteiger partial charge in [-0.05, 0) is 13.8 Å². The number of alkyl halides is 1. The number of amides is 2. The molecular weight excluding hydrogens is 204 g/mol. The molecule has 0 saturated heterocycles. The van der Waals surface area contributed by atoms with Crippen molar-refractivity contribution in [3.05, 3.63) is 0 Å². The van der Waals surface area contributed by atoms with Crippen LogP contribution in [-0.2, 0) is 9.59 Å². The normalized spacial score (nSPS) is 10.1. The molecule has 4 nitrogen and oxygen atoms in total. The predicted molar refractivity (Wildman–Crippen MR) is 56.3 cm³/mol. The van der Waals surface area contributed by atoms with Crippen molar-refractivity contribution in [2.45, 2.75) is 26.3 Å². The zero-order valence-corrected chi connectivity index (χ0v) is 9.60. The minimum atomic E-state index is -0.244. The van der Waals surface area contributed by atoms with Gasteiger partial charge in [-0.2, -0.15) is 0 Å². The van der Waals surface area contributed by atoms with Gasteiger partial charge < -0.3 is 10.2 Å². The zero-order chi connectivity index (χ0) is 11.1. The molecular formula is C9H17ClN2O2. The first-order chi connectivity index (χ1) is 6.49. The third-order valence-corrected chi connectivity index (χ3v) is 2.19. The predicted octanol–water partition coefficient (Wildman–Crippen LogP) is 0.598. The van der Waals surface area contributed by atoms with Gasteiger partial charge in [0.05, 0.1) is 0 Å². The molecule has 0 aliphatic heterocycles. The molecule has 0 spiro atoms.